The molecule has 4 aliphatic rings. The van der Waals surface area contributed by atoms with Gasteiger partial charge in [0.15, 0.2) is 0 Å². The van der Waals surface area contributed by atoms with Crippen molar-refractivity contribution >= 4 is 116 Å². The second-order valence-electron chi connectivity index (χ2n) is 19.0. The lowest BCUT2D eigenvalue weighted by atomic mass is 9.68. The van der Waals surface area contributed by atoms with Crippen LogP contribution >= 0.6 is 69.1 Å². The van der Waals surface area contributed by atoms with E-state index in [1.807, 2.05) is 50.2 Å². The number of carboxylic acid groups (broad SMARTS) is 2. The van der Waals surface area contributed by atoms with E-state index in [4.69, 9.17) is 46.4 Å². The van der Waals surface area contributed by atoms with E-state index in [1.54, 1.807) is 78.3 Å². The van der Waals surface area contributed by atoms with E-state index in [0.29, 0.717) is 76.3 Å². The summed E-state index contributed by atoms with van der Waals surface area (Å²) in [7, 11) is 0. The number of nitriles is 1. The molecule has 374 valence electrons. The number of amides is 4. The van der Waals surface area contributed by atoms with E-state index >= 15 is 0 Å². The Morgan fingerprint density at radius 1 is 0.616 bits per heavy atom. The maximum Gasteiger partial charge on any atom is 0.336 e. The lowest BCUT2D eigenvalue weighted by Gasteiger charge is -2.31. The first-order valence-corrected chi connectivity index (χ1v) is 26.3. The van der Waals surface area contributed by atoms with Crippen molar-refractivity contribution in [1.82, 2.24) is 9.80 Å². The Labute approximate surface area is 448 Å². The lowest BCUT2D eigenvalue weighted by Crippen LogP contribution is -2.42. The van der Waals surface area contributed by atoms with Crippen LogP contribution in [0.3, 0.4) is 0 Å². The van der Waals surface area contributed by atoms with Gasteiger partial charge >= 0.3 is 11.9 Å². The summed E-state index contributed by atoms with van der Waals surface area (Å²) in [5.74, 6) is -4.89. The van der Waals surface area contributed by atoms with E-state index in [9.17, 15) is 44.2 Å². The normalized spacial score (nSPS) is 24.0. The van der Waals surface area contributed by atoms with Crippen LogP contribution in [-0.4, -0.2) is 81.8 Å². The smallest absolute Gasteiger partial charge is 0.336 e. The number of carbonyl (C=O) groups excluding carboxylic acids is 4. The number of rotatable bonds is 10. The van der Waals surface area contributed by atoms with Crippen molar-refractivity contribution in [3.05, 3.63) is 171 Å². The summed E-state index contributed by atoms with van der Waals surface area (Å²) in [6, 6.07) is 30.0. The van der Waals surface area contributed by atoms with Crippen molar-refractivity contribution in [2.24, 2.45) is 22.7 Å². The summed E-state index contributed by atoms with van der Waals surface area (Å²) in [4.78, 5) is 86.8. The van der Waals surface area contributed by atoms with Gasteiger partial charge in [-0.15, -0.1) is 22.7 Å². The van der Waals surface area contributed by atoms with Gasteiger partial charge in [-0.05, 0) is 78.7 Å². The van der Waals surface area contributed by atoms with Crippen LogP contribution in [-0.2, 0) is 32.3 Å². The number of hydrogen-bond acceptors (Lipinski definition) is 11. The highest BCUT2D eigenvalue weighted by Crippen LogP contribution is 2.56. The fourth-order valence-corrected chi connectivity index (χ4v) is 13.9. The highest BCUT2D eigenvalue weighted by atomic mass is 35.5. The third-order valence-electron chi connectivity index (χ3n) is 14.7. The molecule has 4 saturated heterocycles. The minimum absolute atomic E-state index is 0.219. The molecule has 73 heavy (non-hydrogen) atoms. The third kappa shape index (κ3) is 9.60. The molecule has 0 radical (unpaired) electrons. The molecule has 0 aliphatic carbocycles. The topological polar surface area (TPSA) is 180 Å². The van der Waals surface area contributed by atoms with E-state index < -0.39 is 34.6 Å². The van der Waals surface area contributed by atoms with Crippen LogP contribution in [0.2, 0.25) is 20.1 Å². The Morgan fingerprint density at radius 3 is 1.33 bits per heavy atom. The van der Waals surface area contributed by atoms with Crippen LogP contribution in [0.25, 0.3) is 0 Å². The van der Waals surface area contributed by atoms with Crippen molar-refractivity contribution in [2.45, 2.75) is 45.7 Å². The molecule has 4 amide bonds. The fourth-order valence-electron chi connectivity index (χ4n) is 11.1. The Bertz CT molecular complexity index is 3230. The molecule has 6 atom stereocenters. The highest BCUT2D eigenvalue weighted by Gasteiger charge is 2.66. The number of aryl methyl sites for hydroxylation is 1. The third-order valence-corrected chi connectivity index (χ3v) is 17.4. The number of likely N-dealkylation sites (tertiary alicyclic amines) is 2. The van der Waals surface area contributed by atoms with E-state index in [-0.39, 0.29) is 46.6 Å². The molecular formula is C54H45Cl4N5O8S2. The van der Waals surface area contributed by atoms with Crippen LogP contribution in [0.1, 0.15) is 78.4 Å². The monoisotopic (exact) mass is 1100 g/mol. The molecular weight excluding hydrogens is 1050 g/mol. The Hall–Kier alpha value is -5.93. The summed E-state index contributed by atoms with van der Waals surface area (Å²) in [5.41, 5.74) is 2.61. The maximum absolute atomic E-state index is 14.2. The number of aromatic carboxylic acids is 2. The van der Waals surface area contributed by atoms with Crippen LogP contribution in [0.5, 0.6) is 0 Å². The number of carbonyl (C=O) groups is 6. The molecule has 4 fully saturated rings. The van der Waals surface area contributed by atoms with Gasteiger partial charge in [0, 0.05) is 91.7 Å². The maximum atomic E-state index is 14.2. The summed E-state index contributed by atoms with van der Waals surface area (Å²) in [6.07, 6.45) is 0. The minimum Gasteiger partial charge on any atom is -0.478 e. The zero-order valence-corrected chi connectivity index (χ0v) is 44.0. The number of benzene rings is 4. The van der Waals surface area contributed by atoms with E-state index in [0.717, 1.165) is 26.4 Å². The van der Waals surface area contributed by atoms with Crippen molar-refractivity contribution in [2.75, 3.05) is 36.0 Å². The number of nitrogens with zero attached hydrogens (tertiary/aromatic N) is 5. The van der Waals surface area contributed by atoms with Gasteiger partial charge < -0.3 is 10.2 Å². The highest BCUT2D eigenvalue weighted by molar-refractivity contribution is 7.10. The van der Waals surface area contributed by atoms with Crippen molar-refractivity contribution < 1.29 is 39.0 Å². The largest absolute Gasteiger partial charge is 0.478 e. The molecule has 19 heteroatoms. The standard InChI is InChI=1S/C27H21Cl2N3O4S.C27H24Cl2N2O4S/c1-15-24(33)32(21-8-19(28)7-20(29)9-21)26(36)27(15)14-31(11-22-6-18(13-37-22)25(34)35)12-23(27)17-4-2-16(10-30)3-5-17;1-15-3-5-17(6-4-15)23-12-30(11-22-7-18(13-36-22)25(33)34)14-27(23)16(2)24(32)31(26(27)35)21-9-19(28)8-20(29)10-21/h2-9,13,15,23H,11-12,14H2,1H3,(H,34,35);3-10,13,16,23H,11-12,14H2,1-2H3,(H,33,34)/t15?,23-,27+;16?,23-,27+/m01/s1. The van der Waals surface area contributed by atoms with Gasteiger partial charge in [0.25, 0.3) is 0 Å². The number of imide groups is 2. The molecule has 13 nitrogen and oxygen atoms in total. The number of halogens is 4. The summed E-state index contributed by atoms with van der Waals surface area (Å²) >= 11 is 27.5. The van der Waals surface area contributed by atoms with Crippen molar-refractivity contribution in [3.63, 3.8) is 0 Å². The van der Waals surface area contributed by atoms with Crippen LogP contribution < -0.4 is 9.80 Å². The average molecular weight is 1100 g/mol. The van der Waals surface area contributed by atoms with Crippen LogP contribution in [0.4, 0.5) is 11.4 Å². The number of hydrogen-bond donors (Lipinski definition) is 2. The van der Waals surface area contributed by atoms with Crippen molar-refractivity contribution in [3.8, 4) is 6.07 Å². The first-order chi connectivity index (χ1) is 34.7. The summed E-state index contributed by atoms with van der Waals surface area (Å²) in [6.45, 7) is 8.30. The predicted octanol–water partition coefficient (Wildman–Crippen LogP) is 11.3. The number of anilines is 2. The van der Waals surface area contributed by atoms with Crippen molar-refractivity contribution in [1.29, 1.82) is 5.26 Å². The van der Waals surface area contributed by atoms with Gasteiger partial charge in [-0.25, -0.2) is 19.4 Å². The second-order valence-corrected chi connectivity index (χ2v) is 22.8. The Morgan fingerprint density at radius 2 is 0.986 bits per heavy atom. The van der Waals surface area contributed by atoms with Crippen LogP contribution in [0, 0.1) is 40.9 Å². The molecule has 0 bridgehead atoms. The zero-order chi connectivity index (χ0) is 52.3. The molecule has 2 unspecified atom stereocenters. The molecule has 6 heterocycles. The molecule has 0 saturated carbocycles. The van der Waals surface area contributed by atoms with Gasteiger partial charge in [-0.3, -0.25) is 29.0 Å². The van der Waals surface area contributed by atoms with Gasteiger partial charge in [0.2, 0.25) is 23.6 Å². The van der Waals surface area contributed by atoms with Gasteiger partial charge in [-0.1, -0.05) is 102 Å². The first kappa shape index (κ1) is 52.0. The Balaban J connectivity index is 0.000000180. The van der Waals surface area contributed by atoms with Gasteiger partial charge in [0.05, 0.1) is 56.8 Å². The number of thiophene rings is 2. The fraction of sp³-hybridized carbons (Fsp3) is 0.278. The molecule has 10 rings (SSSR count). The second kappa shape index (κ2) is 20.4. The average Bonchev–Trinajstić information content (AvgIpc) is 4.21. The molecule has 2 spiro atoms. The minimum atomic E-state index is -1.06. The molecule has 4 aromatic carbocycles. The van der Waals surface area contributed by atoms with E-state index in [1.165, 1.54) is 32.5 Å². The van der Waals surface area contributed by atoms with E-state index in [2.05, 4.69) is 15.9 Å². The molecule has 4 aliphatic heterocycles. The Kier molecular flexibility index (Phi) is 14.5. The zero-order valence-electron chi connectivity index (χ0n) is 39.4. The van der Waals surface area contributed by atoms with Gasteiger partial charge in [0.1, 0.15) is 0 Å². The quantitative estimate of drug-likeness (QED) is 0.125. The molecule has 6 aromatic rings. The van der Waals surface area contributed by atoms with Gasteiger partial charge in [-0.2, -0.15) is 5.26 Å². The molecule has 2 N–H and O–H groups in total. The molecule has 2 aromatic heterocycles. The predicted molar refractivity (Wildman–Crippen MR) is 282 cm³/mol. The lowest BCUT2D eigenvalue weighted by molar-refractivity contribution is -0.127. The summed E-state index contributed by atoms with van der Waals surface area (Å²) in [5, 5.41) is 32.4. The van der Waals surface area contributed by atoms with Crippen LogP contribution in [0.15, 0.2) is 108 Å². The SMILES string of the molecule is CC1C(=O)N(c2cc(Cl)cc(Cl)c2)C(=O)[C@]12CN(Cc1cc(C(=O)O)cs1)C[C@H]2c1ccc(C#N)cc1.Cc1ccc([C@H]2CN(Cc3cc(C(=O)O)cs3)C[C@@]23C(=O)N(c2cc(Cl)cc(Cl)c2)C(=O)C3C)cc1. The number of carboxylic acids is 2. The summed E-state index contributed by atoms with van der Waals surface area (Å²) < 4.78 is 0. The first-order valence-electron chi connectivity index (χ1n) is 23.1.